The summed E-state index contributed by atoms with van der Waals surface area (Å²) in [5.41, 5.74) is 3.87. The van der Waals surface area contributed by atoms with E-state index < -0.39 is 5.97 Å². The third-order valence-corrected chi connectivity index (χ3v) is 3.73. The number of ether oxygens (including phenoxy) is 1. The van der Waals surface area contributed by atoms with Gasteiger partial charge in [0.05, 0.1) is 13.2 Å². The number of aromatic nitrogens is 1. The molecule has 0 spiro atoms. The summed E-state index contributed by atoms with van der Waals surface area (Å²) in [6.45, 7) is 9.48. The molecule has 2 aromatic carbocycles. The average Bonchev–Trinajstić information content (AvgIpc) is 3.04. The highest BCUT2D eigenvalue weighted by Crippen LogP contribution is 2.35. The zero-order chi connectivity index (χ0) is 16.9. The van der Waals surface area contributed by atoms with Gasteiger partial charge in [0.15, 0.2) is 0 Å². The number of benzene rings is 2. The topological polar surface area (TPSA) is 46.5 Å². The van der Waals surface area contributed by atoms with Crippen LogP contribution in [0.3, 0.4) is 0 Å². The lowest BCUT2D eigenvalue weighted by Crippen LogP contribution is -2.02. The maximum absolute atomic E-state index is 12.1. The predicted molar refractivity (Wildman–Crippen MR) is 94.7 cm³/mol. The molecule has 24 heavy (non-hydrogen) atoms. The van der Waals surface area contributed by atoms with Crippen molar-refractivity contribution in [2.45, 2.75) is 6.92 Å². The fourth-order valence-electron chi connectivity index (χ4n) is 2.72. The van der Waals surface area contributed by atoms with Crippen LogP contribution in [0.2, 0.25) is 0 Å². The lowest BCUT2D eigenvalue weighted by Gasteiger charge is -2.11. The predicted octanol–water partition coefficient (Wildman–Crippen LogP) is 4.71. The summed E-state index contributed by atoms with van der Waals surface area (Å²) in [6.07, 6.45) is 3.18. The van der Waals surface area contributed by atoms with Crippen LogP contribution in [0, 0.1) is 6.57 Å². The molecule has 0 fully saturated rings. The molecule has 4 heteroatoms. The molecule has 0 saturated heterocycles. The minimum atomic E-state index is -0.395. The molecular weight excluding hydrogens is 300 g/mol. The second-order valence-electron chi connectivity index (χ2n) is 5.19. The highest BCUT2D eigenvalue weighted by molar-refractivity contribution is 6.07. The van der Waals surface area contributed by atoms with Crippen LogP contribution in [-0.4, -0.2) is 17.6 Å². The van der Waals surface area contributed by atoms with Gasteiger partial charge in [-0.2, -0.15) is 0 Å². The molecule has 0 radical (unpaired) electrons. The molecule has 0 aliphatic carbocycles. The lowest BCUT2D eigenvalue weighted by molar-refractivity contribution is -0.137. The minimum Gasteiger partial charge on any atom is -0.463 e. The molecule has 1 heterocycles. The van der Waals surface area contributed by atoms with Crippen molar-refractivity contribution >= 4 is 28.1 Å². The summed E-state index contributed by atoms with van der Waals surface area (Å²) in [6, 6.07) is 15.4. The zero-order valence-corrected chi connectivity index (χ0v) is 13.2. The summed E-state index contributed by atoms with van der Waals surface area (Å²) in [7, 11) is 0. The fourth-order valence-corrected chi connectivity index (χ4v) is 2.72. The molecule has 4 nitrogen and oxygen atoms in total. The van der Waals surface area contributed by atoms with E-state index >= 15 is 0 Å². The van der Waals surface area contributed by atoms with Crippen LogP contribution in [0.4, 0.5) is 5.69 Å². The first-order chi connectivity index (χ1) is 11.7. The monoisotopic (exact) mass is 316 g/mol. The van der Waals surface area contributed by atoms with Crippen molar-refractivity contribution in [2.24, 2.45) is 0 Å². The average molecular weight is 316 g/mol. The number of rotatable bonds is 4. The van der Waals surface area contributed by atoms with Gasteiger partial charge < -0.3 is 9.72 Å². The molecule has 0 unspecified atom stereocenters. The number of nitrogens with zero attached hydrogens (tertiary/aromatic N) is 1. The first kappa shape index (κ1) is 15.6. The Hall–Kier alpha value is -3.32. The van der Waals surface area contributed by atoms with Gasteiger partial charge in [-0.25, -0.2) is 9.64 Å². The molecule has 0 saturated carbocycles. The summed E-state index contributed by atoms with van der Waals surface area (Å²) in [4.78, 5) is 18.8. The van der Waals surface area contributed by atoms with Crippen molar-refractivity contribution in [1.29, 1.82) is 0 Å². The van der Waals surface area contributed by atoms with Crippen molar-refractivity contribution in [3.8, 4) is 0 Å². The Morgan fingerprint density at radius 3 is 2.71 bits per heavy atom. The molecule has 0 bridgehead atoms. The molecular formula is C20H16N2O2. The molecule has 3 aromatic rings. The first-order valence-electron chi connectivity index (χ1n) is 7.66. The van der Waals surface area contributed by atoms with Crippen LogP contribution in [0.25, 0.3) is 21.3 Å². The van der Waals surface area contributed by atoms with E-state index in [1.807, 2.05) is 48.5 Å². The van der Waals surface area contributed by atoms with Crippen LogP contribution >= 0.6 is 0 Å². The summed E-state index contributed by atoms with van der Waals surface area (Å²) < 4.78 is 5.08. The summed E-state index contributed by atoms with van der Waals surface area (Å²) in [5, 5.41) is 0.812. The first-order valence-corrected chi connectivity index (χ1v) is 7.66. The lowest BCUT2D eigenvalue weighted by atomic mass is 9.94. The Labute approximate surface area is 140 Å². The van der Waals surface area contributed by atoms with Gasteiger partial charge in [-0.3, -0.25) is 0 Å². The molecule has 0 aliphatic rings. The third kappa shape index (κ3) is 2.92. The Morgan fingerprint density at radius 1 is 1.21 bits per heavy atom. The van der Waals surface area contributed by atoms with Gasteiger partial charge in [0.1, 0.15) is 0 Å². The van der Waals surface area contributed by atoms with Gasteiger partial charge in [-0.15, -0.1) is 0 Å². The highest BCUT2D eigenvalue weighted by atomic mass is 16.5. The van der Waals surface area contributed by atoms with E-state index in [-0.39, 0.29) is 0 Å². The van der Waals surface area contributed by atoms with Gasteiger partial charge in [-0.05, 0) is 29.7 Å². The molecule has 0 aliphatic heterocycles. The van der Waals surface area contributed by atoms with E-state index in [9.17, 15) is 4.79 Å². The number of H-pyrrole nitrogens is 1. The van der Waals surface area contributed by atoms with Gasteiger partial charge in [0.2, 0.25) is 5.69 Å². The molecule has 3 rings (SSSR count). The van der Waals surface area contributed by atoms with Gasteiger partial charge >= 0.3 is 5.97 Å². The maximum Gasteiger partial charge on any atom is 0.331 e. The second kappa shape index (κ2) is 6.84. The standard InChI is InChI=1S/C20H16N2O2/c1-3-24-19(23)12-16(14-8-5-4-6-9-14)15-10-7-11-17-20(15)18(21-2)13-22-17/h4-13,22H,3H2,1H3/b16-12+. The molecule has 1 aromatic heterocycles. The maximum atomic E-state index is 12.1. The van der Waals surface area contributed by atoms with Gasteiger partial charge in [0.25, 0.3) is 0 Å². The number of carbonyl (C=O) groups is 1. The Bertz CT molecular complexity index is 947. The third-order valence-electron chi connectivity index (χ3n) is 3.73. The van der Waals surface area contributed by atoms with Crippen LogP contribution in [-0.2, 0) is 9.53 Å². The number of carbonyl (C=O) groups excluding carboxylic acids is 1. The van der Waals surface area contributed by atoms with Crippen LogP contribution in [0.5, 0.6) is 0 Å². The largest absolute Gasteiger partial charge is 0.463 e. The van der Waals surface area contributed by atoms with E-state index in [0.29, 0.717) is 12.3 Å². The van der Waals surface area contributed by atoms with E-state index in [0.717, 1.165) is 27.6 Å². The zero-order valence-electron chi connectivity index (χ0n) is 13.2. The van der Waals surface area contributed by atoms with Gasteiger partial charge in [-0.1, -0.05) is 42.5 Å². The van der Waals surface area contributed by atoms with Crippen LogP contribution in [0.1, 0.15) is 18.1 Å². The molecule has 0 amide bonds. The minimum absolute atomic E-state index is 0.319. The molecule has 0 atom stereocenters. The number of nitrogens with one attached hydrogen (secondary N) is 1. The number of hydrogen-bond donors (Lipinski definition) is 1. The Morgan fingerprint density at radius 2 is 2.00 bits per heavy atom. The van der Waals surface area contributed by atoms with Crippen molar-refractivity contribution in [3.05, 3.63) is 83.3 Å². The molecule has 118 valence electrons. The van der Waals surface area contributed by atoms with Crippen molar-refractivity contribution in [2.75, 3.05) is 6.61 Å². The normalized spacial score (nSPS) is 11.2. The molecule has 1 N–H and O–H groups in total. The summed E-state index contributed by atoms with van der Waals surface area (Å²) in [5.74, 6) is -0.395. The summed E-state index contributed by atoms with van der Waals surface area (Å²) >= 11 is 0. The Balaban J connectivity index is 2.26. The van der Waals surface area contributed by atoms with Crippen LogP contribution < -0.4 is 0 Å². The Kier molecular flexibility index (Phi) is 4.44. The van der Waals surface area contributed by atoms with Gasteiger partial charge in [0, 0.05) is 23.2 Å². The van der Waals surface area contributed by atoms with Crippen molar-refractivity contribution < 1.29 is 9.53 Å². The highest BCUT2D eigenvalue weighted by Gasteiger charge is 2.15. The van der Waals surface area contributed by atoms with Crippen molar-refractivity contribution in [3.63, 3.8) is 0 Å². The van der Waals surface area contributed by atoms with Crippen molar-refractivity contribution in [1.82, 2.24) is 4.98 Å². The quantitative estimate of drug-likeness (QED) is 0.430. The number of hydrogen-bond acceptors (Lipinski definition) is 2. The number of fused-ring (bicyclic) bond motifs is 1. The van der Waals surface area contributed by atoms with E-state index in [2.05, 4.69) is 9.83 Å². The SMILES string of the molecule is [C-]#[N+]c1c[nH]c2cccc(/C(=C/C(=O)OCC)c3ccccc3)c12. The smallest absolute Gasteiger partial charge is 0.331 e. The van der Waals surface area contributed by atoms with E-state index in [4.69, 9.17) is 11.3 Å². The number of aromatic amines is 1. The number of esters is 1. The van der Waals surface area contributed by atoms with Crippen LogP contribution in [0.15, 0.2) is 60.8 Å². The van der Waals surface area contributed by atoms with E-state index in [1.165, 1.54) is 6.08 Å². The van der Waals surface area contributed by atoms with E-state index in [1.54, 1.807) is 13.1 Å². The second-order valence-corrected chi connectivity index (χ2v) is 5.19. The fraction of sp³-hybridized carbons (Fsp3) is 0.100.